The van der Waals surface area contributed by atoms with Gasteiger partial charge in [-0.05, 0) is 38.2 Å². The highest BCUT2D eigenvalue weighted by molar-refractivity contribution is 5.54. The zero-order valence-electron chi connectivity index (χ0n) is 13.5. The molecule has 0 spiro atoms. The van der Waals surface area contributed by atoms with E-state index in [4.69, 9.17) is 0 Å². The molecule has 1 saturated carbocycles. The minimum absolute atomic E-state index is 0.204. The van der Waals surface area contributed by atoms with Gasteiger partial charge in [-0.15, -0.1) is 0 Å². The number of rotatable bonds is 6. The van der Waals surface area contributed by atoms with Gasteiger partial charge >= 0.3 is 0 Å². The van der Waals surface area contributed by atoms with Crippen LogP contribution in [0.3, 0.4) is 0 Å². The van der Waals surface area contributed by atoms with Crippen LogP contribution in [0.5, 0.6) is 5.75 Å². The third kappa shape index (κ3) is 4.13. The zero-order valence-corrected chi connectivity index (χ0v) is 13.5. The lowest BCUT2D eigenvalue weighted by atomic mass is 10.1. The maximum Gasteiger partial charge on any atom is 0.123 e. The Hall–Kier alpha value is -1.22. The Kier molecular flexibility index (Phi) is 5.51. The molecule has 118 valence electrons. The molecule has 1 aliphatic carbocycles. The van der Waals surface area contributed by atoms with Crippen LogP contribution in [0, 0.1) is 5.92 Å². The lowest BCUT2D eigenvalue weighted by Gasteiger charge is -2.32. The Morgan fingerprint density at radius 1 is 1.19 bits per heavy atom. The minimum Gasteiger partial charge on any atom is -0.507 e. The second kappa shape index (κ2) is 7.17. The number of hydrogen-bond donors (Lipinski definition) is 2. The van der Waals surface area contributed by atoms with Crippen LogP contribution in [0.25, 0.3) is 0 Å². The molecule has 1 aliphatic rings. The maximum absolute atomic E-state index is 10.1. The summed E-state index contributed by atoms with van der Waals surface area (Å²) in [6.07, 6.45) is 5.64. The van der Waals surface area contributed by atoms with Crippen LogP contribution in [0.2, 0.25) is 0 Å². The Bertz CT molecular complexity index is 451. The van der Waals surface area contributed by atoms with Gasteiger partial charge in [-0.3, -0.25) is 0 Å². The Labute approximate surface area is 128 Å². The Morgan fingerprint density at radius 2 is 1.86 bits per heavy atom. The fourth-order valence-corrected chi connectivity index (χ4v) is 3.20. The molecule has 0 radical (unpaired) electrons. The average Bonchev–Trinajstić information content (AvgIpc) is 2.92. The summed E-state index contributed by atoms with van der Waals surface area (Å²) in [5.74, 6) is 0.884. The van der Waals surface area contributed by atoms with Gasteiger partial charge in [-0.2, -0.15) is 0 Å². The number of anilines is 1. The smallest absolute Gasteiger partial charge is 0.123 e. The molecule has 0 heterocycles. The second-order valence-corrected chi connectivity index (χ2v) is 6.73. The lowest BCUT2D eigenvalue weighted by molar-refractivity contribution is 0.195. The van der Waals surface area contributed by atoms with Gasteiger partial charge in [-0.1, -0.05) is 32.8 Å². The van der Waals surface area contributed by atoms with Gasteiger partial charge in [0.2, 0.25) is 0 Å². The maximum atomic E-state index is 10.1. The topological polar surface area (TPSA) is 43.7 Å². The van der Waals surface area contributed by atoms with Crippen molar-refractivity contribution in [3.8, 4) is 5.75 Å². The van der Waals surface area contributed by atoms with E-state index in [1.807, 2.05) is 18.2 Å². The van der Waals surface area contributed by atoms with Crippen molar-refractivity contribution in [2.24, 2.45) is 5.92 Å². The first-order chi connectivity index (χ1) is 9.99. The molecule has 2 rings (SSSR count). The van der Waals surface area contributed by atoms with Crippen molar-refractivity contribution in [1.29, 1.82) is 0 Å². The van der Waals surface area contributed by atoms with E-state index in [1.165, 1.54) is 25.7 Å². The van der Waals surface area contributed by atoms with Gasteiger partial charge < -0.3 is 15.1 Å². The molecule has 21 heavy (non-hydrogen) atoms. The Balaban J connectivity index is 2.20. The summed E-state index contributed by atoms with van der Waals surface area (Å²) in [6.45, 7) is 7.22. The van der Waals surface area contributed by atoms with Gasteiger partial charge in [0.05, 0.1) is 6.10 Å². The molecular formula is C18H29NO2. The molecule has 1 atom stereocenters. The normalized spacial score (nSPS) is 17.4. The number of aliphatic hydroxyl groups is 1. The summed E-state index contributed by atoms with van der Waals surface area (Å²) in [5.41, 5.74) is 1.69. The molecule has 1 aromatic rings. The van der Waals surface area contributed by atoms with Gasteiger partial charge in [-0.25, -0.2) is 0 Å². The van der Waals surface area contributed by atoms with Crippen LogP contribution in [0.1, 0.15) is 64.5 Å². The standard InChI is InChI=1S/C18H29NO2/c1-13(2)10-11-19(15-6-4-5-7-15)16-8-9-17(14(3)20)18(21)12-16/h8-9,12-15,20-21H,4-7,10-11H2,1-3H3. The zero-order chi connectivity index (χ0) is 15.4. The molecule has 2 N–H and O–H groups in total. The van der Waals surface area contributed by atoms with E-state index in [9.17, 15) is 10.2 Å². The van der Waals surface area contributed by atoms with Crippen molar-refractivity contribution in [1.82, 2.24) is 0 Å². The molecule has 1 unspecified atom stereocenters. The molecule has 0 saturated heterocycles. The summed E-state index contributed by atoms with van der Waals surface area (Å²) in [6, 6.07) is 6.31. The molecule has 0 amide bonds. The highest BCUT2D eigenvalue weighted by Crippen LogP contribution is 2.33. The molecule has 0 aromatic heterocycles. The SMILES string of the molecule is CC(C)CCN(c1ccc(C(C)O)c(O)c1)C1CCCC1. The second-order valence-electron chi connectivity index (χ2n) is 6.73. The number of aromatic hydroxyl groups is 1. The summed E-state index contributed by atoms with van der Waals surface area (Å²) in [4.78, 5) is 2.46. The highest BCUT2D eigenvalue weighted by Gasteiger charge is 2.23. The molecule has 1 fully saturated rings. The summed E-state index contributed by atoms with van der Waals surface area (Å²) in [5, 5.41) is 19.8. The molecule has 0 bridgehead atoms. The number of phenols is 1. The van der Waals surface area contributed by atoms with E-state index in [1.54, 1.807) is 6.92 Å². The number of benzene rings is 1. The van der Waals surface area contributed by atoms with Crippen LogP contribution in [0.15, 0.2) is 18.2 Å². The molecule has 1 aromatic carbocycles. The number of aliphatic hydroxyl groups excluding tert-OH is 1. The van der Waals surface area contributed by atoms with Gasteiger partial charge in [0.1, 0.15) is 5.75 Å². The molecule has 0 aliphatic heterocycles. The van der Waals surface area contributed by atoms with Crippen LogP contribution in [0.4, 0.5) is 5.69 Å². The van der Waals surface area contributed by atoms with Crippen molar-refractivity contribution in [3.05, 3.63) is 23.8 Å². The molecule has 3 heteroatoms. The van der Waals surface area contributed by atoms with E-state index < -0.39 is 6.10 Å². The summed E-state index contributed by atoms with van der Waals surface area (Å²) >= 11 is 0. The largest absolute Gasteiger partial charge is 0.507 e. The Morgan fingerprint density at radius 3 is 2.38 bits per heavy atom. The van der Waals surface area contributed by atoms with Crippen molar-refractivity contribution >= 4 is 5.69 Å². The highest BCUT2D eigenvalue weighted by atomic mass is 16.3. The quantitative estimate of drug-likeness (QED) is 0.824. The fourth-order valence-electron chi connectivity index (χ4n) is 3.20. The summed E-state index contributed by atoms with van der Waals surface area (Å²) in [7, 11) is 0. The van der Waals surface area contributed by atoms with Crippen molar-refractivity contribution in [3.63, 3.8) is 0 Å². The number of nitrogens with zero attached hydrogens (tertiary/aromatic N) is 1. The van der Waals surface area contributed by atoms with E-state index in [0.717, 1.165) is 18.7 Å². The van der Waals surface area contributed by atoms with Gasteiger partial charge in [0.15, 0.2) is 0 Å². The third-order valence-corrected chi connectivity index (χ3v) is 4.51. The predicted octanol–water partition coefficient (Wildman–Crippen LogP) is 4.24. The molecule has 3 nitrogen and oxygen atoms in total. The number of hydrogen-bond acceptors (Lipinski definition) is 3. The lowest BCUT2D eigenvalue weighted by Crippen LogP contribution is -2.34. The third-order valence-electron chi connectivity index (χ3n) is 4.51. The van der Waals surface area contributed by atoms with Gasteiger partial charge in [0.25, 0.3) is 0 Å². The predicted molar refractivity (Wildman–Crippen MR) is 87.8 cm³/mol. The van der Waals surface area contributed by atoms with E-state index in [2.05, 4.69) is 18.7 Å². The van der Waals surface area contributed by atoms with Crippen LogP contribution in [-0.4, -0.2) is 22.8 Å². The van der Waals surface area contributed by atoms with E-state index >= 15 is 0 Å². The van der Waals surface area contributed by atoms with E-state index in [0.29, 0.717) is 17.5 Å². The van der Waals surface area contributed by atoms with Crippen LogP contribution >= 0.6 is 0 Å². The molecular weight excluding hydrogens is 262 g/mol. The number of phenolic OH excluding ortho intramolecular Hbond substituents is 1. The van der Waals surface area contributed by atoms with E-state index in [-0.39, 0.29) is 5.75 Å². The van der Waals surface area contributed by atoms with Gasteiger partial charge in [0, 0.05) is 29.9 Å². The first-order valence-corrected chi connectivity index (χ1v) is 8.26. The minimum atomic E-state index is -0.630. The van der Waals surface area contributed by atoms with Crippen molar-refractivity contribution in [2.45, 2.75) is 65.0 Å². The monoisotopic (exact) mass is 291 g/mol. The van der Waals surface area contributed by atoms with Crippen molar-refractivity contribution < 1.29 is 10.2 Å². The first-order valence-electron chi connectivity index (χ1n) is 8.26. The fraction of sp³-hybridized carbons (Fsp3) is 0.667. The van der Waals surface area contributed by atoms with Crippen LogP contribution in [-0.2, 0) is 0 Å². The van der Waals surface area contributed by atoms with Crippen LogP contribution < -0.4 is 4.90 Å². The summed E-state index contributed by atoms with van der Waals surface area (Å²) < 4.78 is 0. The average molecular weight is 291 g/mol. The first kappa shape index (κ1) is 16.2. The van der Waals surface area contributed by atoms with Crippen molar-refractivity contribution in [2.75, 3.05) is 11.4 Å².